The van der Waals surface area contributed by atoms with Crippen LogP contribution in [0.15, 0.2) is 25.0 Å². The highest BCUT2D eigenvalue weighted by atomic mass is 16.6. The quantitative estimate of drug-likeness (QED) is 0.634. The van der Waals surface area contributed by atoms with Gasteiger partial charge in [0.1, 0.15) is 12.7 Å². The van der Waals surface area contributed by atoms with Gasteiger partial charge < -0.3 is 5.32 Å². The van der Waals surface area contributed by atoms with Crippen LogP contribution in [0.3, 0.4) is 0 Å². The van der Waals surface area contributed by atoms with Crippen molar-refractivity contribution in [1.82, 2.24) is 19.5 Å². The Labute approximate surface area is 103 Å². The first-order chi connectivity index (χ1) is 8.74. The predicted octanol–water partition coefficient (Wildman–Crippen LogP) is 1.39. The van der Waals surface area contributed by atoms with Crippen LogP contribution in [0.2, 0.25) is 0 Å². The largest absolute Gasteiger partial charge is 0.364 e. The van der Waals surface area contributed by atoms with Crippen molar-refractivity contribution < 1.29 is 4.92 Å². The van der Waals surface area contributed by atoms with E-state index in [4.69, 9.17) is 0 Å². The molecular weight excluding hydrogens is 236 g/mol. The Bertz CT molecular complexity index is 539. The molecule has 2 aromatic heterocycles. The minimum absolute atomic E-state index is 0.149. The van der Waals surface area contributed by atoms with E-state index < -0.39 is 4.92 Å². The Hall–Kier alpha value is -2.51. The molecule has 94 valence electrons. The van der Waals surface area contributed by atoms with Crippen LogP contribution >= 0.6 is 0 Å². The van der Waals surface area contributed by atoms with Crippen LogP contribution < -0.4 is 5.32 Å². The second kappa shape index (κ2) is 5.21. The molecule has 2 heterocycles. The third kappa shape index (κ3) is 2.26. The normalized spacial score (nSPS) is 10.3. The average molecular weight is 248 g/mol. The van der Waals surface area contributed by atoms with E-state index in [9.17, 15) is 10.1 Å². The highest BCUT2D eigenvalue weighted by molar-refractivity contribution is 5.63. The first-order valence-corrected chi connectivity index (χ1v) is 5.45. The van der Waals surface area contributed by atoms with Gasteiger partial charge in [-0.05, 0) is 6.42 Å². The summed E-state index contributed by atoms with van der Waals surface area (Å²) in [6.07, 6.45) is 6.73. The van der Waals surface area contributed by atoms with Crippen molar-refractivity contribution in [3.8, 4) is 5.82 Å². The molecule has 0 saturated carbocycles. The minimum Gasteiger partial charge on any atom is -0.364 e. The molecule has 0 unspecified atom stereocenters. The zero-order valence-corrected chi connectivity index (χ0v) is 9.78. The molecule has 0 atom stereocenters. The summed E-state index contributed by atoms with van der Waals surface area (Å²) >= 11 is 0. The van der Waals surface area contributed by atoms with Crippen LogP contribution in [-0.4, -0.2) is 31.0 Å². The first-order valence-electron chi connectivity index (χ1n) is 5.45. The summed E-state index contributed by atoms with van der Waals surface area (Å²) in [5.41, 5.74) is -0.149. The maximum Gasteiger partial charge on any atom is 0.354 e. The van der Waals surface area contributed by atoms with E-state index in [-0.39, 0.29) is 17.3 Å². The van der Waals surface area contributed by atoms with E-state index in [1.807, 2.05) is 6.92 Å². The molecule has 2 aromatic rings. The minimum atomic E-state index is -0.493. The molecule has 0 aliphatic carbocycles. The Balaban J connectivity index is 2.49. The maximum absolute atomic E-state index is 11.2. The van der Waals surface area contributed by atoms with Gasteiger partial charge in [0.05, 0.1) is 4.92 Å². The molecule has 0 amide bonds. The lowest BCUT2D eigenvalue weighted by atomic mass is 10.4. The maximum atomic E-state index is 11.2. The summed E-state index contributed by atoms with van der Waals surface area (Å²) in [4.78, 5) is 22.4. The van der Waals surface area contributed by atoms with Gasteiger partial charge in [0.15, 0.2) is 0 Å². The second-order valence-electron chi connectivity index (χ2n) is 3.55. The molecule has 0 bridgehead atoms. The molecular formula is C10H12N6O2. The topological polar surface area (TPSA) is 98.8 Å². The van der Waals surface area contributed by atoms with Gasteiger partial charge in [0, 0.05) is 18.9 Å². The van der Waals surface area contributed by atoms with E-state index in [0.717, 1.165) is 6.42 Å². The van der Waals surface area contributed by atoms with Crippen molar-refractivity contribution >= 4 is 11.5 Å². The van der Waals surface area contributed by atoms with Gasteiger partial charge in [-0.2, -0.15) is 0 Å². The van der Waals surface area contributed by atoms with Crippen LogP contribution in [0.5, 0.6) is 0 Å². The van der Waals surface area contributed by atoms with Crippen LogP contribution in [0, 0.1) is 10.1 Å². The average Bonchev–Trinajstić information content (AvgIpc) is 2.89. The molecule has 8 heteroatoms. The fourth-order valence-corrected chi connectivity index (χ4v) is 1.48. The number of aromatic nitrogens is 4. The summed E-state index contributed by atoms with van der Waals surface area (Å²) in [6, 6.07) is 0. The number of rotatable bonds is 5. The van der Waals surface area contributed by atoms with Gasteiger partial charge in [-0.3, -0.25) is 14.7 Å². The van der Waals surface area contributed by atoms with E-state index >= 15 is 0 Å². The Kier molecular flexibility index (Phi) is 3.46. The van der Waals surface area contributed by atoms with Gasteiger partial charge in [0.25, 0.3) is 0 Å². The zero-order valence-electron chi connectivity index (χ0n) is 9.78. The predicted molar refractivity (Wildman–Crippen MR) is 64.6 cm³/mol. The Morgan fingerprint density at radius 2 is 2.33 bits per heavy atom. The lowest BCUT2D eigenvalue weighted by Gasteiger charge is -2.07. The van der Waals surface area contributed by atoms with Crippen molar-refractivity contribution in [2.24, 2.45) is 0 Å². The number of hydrogen-bond donors (Lipinski definition) is 1. The molecule has 0 radical (unpaired) electrons. The van der Waals surface area contributed by atoms with Gasteiger partial charge in [-0.25, -0.2) is 15.0 Å². The summed E-state index contributed by atoms with van der Waals surface area (Å²) < 4.78 is 1.48. The second-order valence-corrected chi connectivity index (χ2v) is 3.55. The van der Waals surface area contributed by atoms with Gasteiger partial charge in [0.2, 0.25) is 11.6 Å². The number of anilines is 1. The molecule has 0 saturated heterocycles. The monoisotopic (exact) mass is 248 g/mol. The number of imidazole rings is 1. The number of hydrogen-bond acceptors (Lipinski definition) is 6. The van der Waals surface area contributed by atoms with Crippen LogP contribution in [0.1, 0.15) is 13.3 Å². The highest BCUT2D eigenvalue weighted by Gasteiger charge is 2.23. The standard InChI is InChI=1S/C10H12N6O2/c1-2-3-12-9-8(16(17)18)10(14-6-13-9)15-5-4-11-7-15/h4-7H,2-3H2,1H3,(H,12,13,14). The van der Waals surface area contributed by atoms with Crippen LogP contribution in [0.25, 0.3) is 5.82 Å². The third-order valence-electron chi connectivity index (χ3n) is 2.28. The fraction of sp³-hybridized carbons (Fsp3) is 0.300. The summed E-state index contributed by atoms with van der Waals surface area (Å²) in [5.74, 6) is 0.423. The zero-order chi connectivity index (χ0) is 13.0. The van der Waals surface area contributed by atoms with Crippen LogP contribution in [0.4, 0.5) is 11.5 Å². The Morgan fingerprint density at radius 1 is 1.50 bits per heavy atom. The van der Waals surface area contributed by atoms with Crippen molar-refractivity contribution in [3.05, 3.63) is 35.2 Å². The molecule has 0 spiro atoms. The molecule has 0 fully saturated rings. The van der Waals surface area contributed by atoms with E-state index in [2.05, 4.69) is 20.3 Å². The molecule has 18 heavy (non-hydrogen) atoms. The third-order valence-corrected chi connectivity index (χ3v) is 2.28. The van der Waals surface area contributed by atoms with Crippen molar-refractivity contribution in [1.29, 1.82) is 0 Å². The molecule has 8 nitrogen and oxygen atoms in total. The van der Waals surface area contributed by atoms with E-state index in [1.165, 1.54) is 23.4 Å². The van der Waals surface area contributed by atoms with Gasteiger partial charge >= 0.3 is 5.69 Å². The number of nitrogens with zero attached hydrogens (tertiary/aromatic N) is 5. The molecule has 1 N–H and O–H groups in total. The van der Waals surface area contributed by atoms with Gasteiger partial charge in [-0.15, -0.1) is 0 Å². The SMILES string of the molecule is CCCNc1ncnc(-n2ccnc2)c1[N+](=O)[O-]. The lowest BCUT2D eigenvalue weighted by Crippen LogP contribution is -2.09. The fourth-order valence-electron chi connectivity index (χ4n) is 1.48. The summed E-state index contributed by atoms with van der Waals surface area (Å²) in [6.45, 7) is 2.58. The molecule has 0 aromatic carbocycles. The molecule has 0 aliphatic heterocycles. The molecule has 0 aliphatic rings. The van der Waals surface area contributed by atoms with Gasteiger partial charge in [-0.1, -0.05) is 6.92 Å². The lowest BCUT2D eigenvalue weighted by molar-refractivity contribution is -0.384. The molecule has 2 rings (SSSR count). The number of nitro groups is 1. The Morgan fingerprint density at radius 3 is 2.94 bits per heavy atom. The van der Waals surface area contributed by atoms with E-state index in [0.29, 0.717) is 6.54 Å². The van der Waals surface area contributed by atoms with Crippen molar-refractivity contribution in [3.63, 3.8) is 0 Å². The number of nitrogens with one attached hydrogen (secondary N) is 1. The summed E-state index contributed by atoms with van der Waals surface area (Å²) in [5, 5.41) is 14.1. The highest BCUT2D eigenvalue weighted by Crippen LogP contribution is 2.27. The van der Waals surface area contributed by atoms with Crippen molar-refractivity contribution in [2.75, 3.05) is 11.9 Å². The van der Waals surface area contributed by atoms with E-state index in [1.54, 1.807) is 6.20 Å². The first kappa shape index (κ1) is 12.0. The van der Waals surface area contributed by atoms with Crippen LogP contribution in [-0.2, 0) is 0 Å². The summed E-state index contributed by atoms with van der Waals surface area (Å²) in [7, 11) is 0. The van der Waals surface area contributed by atoms with Crippen molar-refractivity contribution in [2.45, 2.75) is 13.3 Å². The smallest absolute Gasteiger partial charge is 0.354 e.